The Labute approximate surface area is 156 Å². The van der Waals surface area contributed by atoms with Gasteiger partial charge < -0.3 is 25.0 Å². The number of nitrogens with one attached hydrogen (secondary N) is 2. The van der Waals surface area contributed by atoms with E-state index in [2.05, 4.69) is 32.7 Å². The summed E-state index contributed by atoms with van der Waals surface area (Å²) >= 11 is 0. The van der Waals surface area contributed by atoms with Crippen LogP contribution in [0.2, 0.25) is 0 Å². The Hall–Kier alpha value is -1.95. The molecule has 0 saturated carbocycles. The second-order valence-electron chi connectivity index (χ2n) is 7.59. The van der Waals surface area contributed by atoms with Gasteiger partial charge in [-0.25, -0.2) is 0 Å². The molecule has 0 amide bonds. The van der Waals surface area contributed by atoms with Gasteiger partial charge in [0, 0.05) is 26.7 Å². The highest BCUT2D eigenvalue weighted by molar-refractivity contribution is 5.80. The zero-order valence-electron chi connectivity index (χ0n) is 15.8. The van der Waals surface area contributed by atoms with E-state index in [1.807, 2.05) is 19.2 Å². The molecule has 3 heterocycles. The molecule has 3 fully saturated rings. The number of hydrogen-bond donors (Lipinski definition) is 2. The number of rotatable bonds is 5. The van der Waals surface area contributed by atoms with Crippen LogP contribution in [0.3, 0.4) is 0 Å². The summed E-state index contributed by atoms with van der Waals surface area (Å²) in [6.07, 6.45) is 5.51. The maximum Gasteiger partial charge on any atom is 0.191 e. The standard InChI is InChI=1S/C20H30N4O2/c1-21-20(23-16-11-15-7-8-18(16)26-15)22-12-14-9-10-24(13-14)17-5-3-4-6-19(17)25-2/h3-6,14-16,18H,7-13H2,1-2H3,(H2,21,22,23). The topological polar surface area (TPSA) is 58.1 Å². The summed E-state index contributed by atoms with van der Waals surface area (Å²) in [6, 6.07) is 8.68. The van der Waals surface area contributed by atoms with Crippen LogP contribution in [0.25, 0.3) is 0 Å². The molecule has 0 aliphatic carbocycles. The lowest BCUT2D eigenvalue weighted by molar-refractivity contribution is 0.0992. The third kappa shape index (κ3) is 3.61. The van der Waals surface area contributed by atoms with Gasteiger partial charge in [-0.3, -0.25) is 4.99 Å². The predicted octanol–water partition coefficient (Wildman–Crippen LogP) is 2.01. The van der Waals surface area contributed by atoms with Crippen molar-refractivity contribution < 1.29 is 9.47 Å². The summed E-state index contributed by atoms with van der Waals surface area (Å²) in [7, 11) is 3.59. The second kappa shape index (κ2) is 7.74. The molecule has 1 aromatic carbocycles. The van der Waals surface area contributed by atoms with Gasteiger partial charge in [-0.15, -0.1) is 0 Å². The Kier molecular flexibility index (Phi) is 5.20. The van der Waals surface area contributed by atoms with Gasteiger partial charge in [0.2, 0.25) is 0 Å². The van der Waals surface area contributed by atoms with Crippen molar-refractivity contribution in [2.24, 2.45) is 10.9 Å². The molecule has 6 heteroatoms. The molecule has 3 aliphatic heterocycles. The number of benzene rings is 1. The monoisotopic (exact) mass is 358 g/mol. The molecule has 2 bridgehead atoms. The number of aliphatic imine (C=N–C) groups is 1. The number of methoxy groups -OCH3 is 1. The summed E-state index contributed by atoms with van der Waals surface area (Å²) in [6.45, 7) is 3.05. The van der Waals surface area contributed by atoms with Crippen LogP contribution in [0, 0.1) is 5.92 Å². The van der Waals surface area contributed by atoms with Crippen LogP contribution in [0.1, 0.15) is 25.7 Å². The Morgan fingerprint density at radius 1 is 1.31 bits per heavy atom. The Morgan fingerprint density at radius 3 is 2.92 bits per heavy atom. The van der Waals surface area contributed by atoms with Crippen LogP contribution in [0.5, 0.6) is 5.75 Å². The van der Waals surface area contributed by atoms with Crippen molar-refractivity contribution in [3.05, 3.63) is 24.3 Å². The van der Waals surface area contributed by atoms with Crippen LogP contribution >= 0.6 is 0 Å². The molecular formula is C20H30N4O2. The molecule has 1 aromatic rings. The molecule has 4 rings (SSSR count). The van der Waals surface area contributed by atoms with Gasteiger partial charge in [0.1, 0.15) is 5.75 Å². The van der Waals surface area contributed by atoms with Gasteiger partial charge in [-0.2, -0.15) is 0 Å². The number of para-hydroxylation sites is 2. The third-order valence-electron chi connectivity index (χ3n) is 5.92. The first-order valence-corrected chi connectivity index (χ1v) is 9.77. The maximum atomic E-state index is 5.93. The van der Waals surface area contributed by atoms with Gasteiger partial charge in [0.25, 0.3) is 0 Å². The minimum Gasteiger partial charge on any atom is -0.495 e. The van der Waals surface area contributed by atoms with E-state index in [9.17, 15) is 0 Å². The smallest absolute Gasteiger partial charge is 0.191 e. The summed E-state index contributed by atoms with van der Waals surface area (Å²) in [5, 5.41) is 7.09. The highest BCUT2D eigenvalue weighted by Gasteiger charge is 2.41. The highest BCUT2D eigenvalue weighted by Crippen LogP contribution is 2.34. The van der Waals surface area contributed by atoms with Crippen LogP contribution < -0.4 is 20.3 Å². The molecule has 2 N–H and O–H groups in total. The molecule has 0 spiro atoms. The third-order valence-corrected chi connectivity index (χ3v) is 5.92. The number of ether oxygens (including phenoxy) is 2. The largest absolute Gasteiger partial charge is 0.495 e. The van der Waals surface area contributed by atoms with Crippen molar-refractivity contribution >= 4 is 11.6 Å². The van der Waals surface area contributed by atoms with Gasteiger partial charge in [-0.1, -0.05) is 12.1 Å². The number of anilines is 1. The van der Waals surface area contributed by atoms with E-state index >= 15 is 0 Å². The zero-order valence-corrected chi connectivity index (χ0v) is 15.8. The summed E-state index contributed by atoms with van der Waals surface area (Å²) in [5.41, 5.74) is 1.19. The molecule has 142 valence electrons. The minimum atomic E-state index is 0.367. The van der Waals surface area contributed by atoms with E-state index < -0.39 is 0 Å². The second-order valence-corrected chi connectivity index (χ2v) is 7.59. The zero-order chi connectivity index (χ0) is 17.9. The lowest BCUT2D eigenvalue weighted by Gasteiger charge is -2.24. The minimum absolute atomic E-state index is 0.367. The number of nitrogens with zero attached hydrogens (tertiary/aromatic N) is 2. The average Bonchev–Trinajstić information content (AvgIpc) is 3.41. The van der Waals surface area contributed by atoms with Crippen molar-refractivity contribution in [1.82, 2.24) is 10.6 Å². The fourth-order valence-corrected chi connectivity index (χ4v) is 4.51. The first kappa shape index (κ1) is 17.5. The van der Waals surface area contributed by atoms with Crippen LogP contribution in [0.15, 0.2) is 29.3 Å². The van der Waals surface area contributed by atoms with Crippen molar-refractivity contribution in [1.29, 1.82) is 0 Å². The van der Waals surface area contributed by atoms with E-state index in [0.29, 0.717) is 24.2 Å². The van der Waals surface area contributed by atoms with E-state index in [1.165, 1.54) is 24.9 Å². The normalized spacial score (nSPS) is 30.7. The van der Waals surface area contributed by atoms with Crippen molar-refractivity contribution in [2.75, 3.05) is 38.7 Å². The fourth-order valence-electron chi connectivity index (χ4n) is 4.51. The molecule has 3 aliphatic rings. The van der Waals surface area contributed by atoms with Crippen molar-refractivity contribution in [3.8, 4) is 5.75 Å². The molecule has 4 atom stereocenters. The van der Waals surface area contributed by atoms with Gasteiger partial charge in [0.05, 0.1) is 31.0 Å². The molecular weight excluding hydrogens is 328 g/mol. The van der Waals surface area contributed by atoms with E-state index in [4.69, 9.17) is 9.47 Å². The highest BCUT2D eigenvalue weighted by atomic mass is 16.5. The Bertz CT molecular complexity index is 650. The lowest BCUT2D eigenvalue weighted by atomic mass is 9.96. The maximum absolute atomic E-state index is 5.93. The summed E-state index contributed by atoms with van der Waals surface area (Å²) in [4.78, 5) is 6.83. The van der Waals surface area contributed by atoms with Gasteiger partial charge in [0.15, 0.2) is 5.96 Å². The first-order chi connectivity index (χ1) is 12.8. The SMILES string of the molecule is CN=C(NCC1CCN(c2ccccc2OC)C1)NC1CC2CCC1O2. The first-order valence-electron chi connectivity index (χ1n) is 9.77. The number of fused-ring (bicyclic) bond motifs is 2. The lowest BCUT2D eigenvalue weighted by Crippen LogP contribution is -2.48. The Morgan fingerprint density at radius 2 is 2.19 bits per heavy atom. The average molecular weight is 358 g/mol. The van der Waals surface area contributed by atoms with Crippen LogP contribution in [-0.2, 0) is 4.74 Å². The van der Waals surface area contributed by atoms with E-state index in [1.54, 1.807) is 7.11 Å². The van der Waals surface area contributed by atoms with Crippen molar-refractivity contribution in [3.63, 3.8) is 0 Å². The Balaban J connectivity index is 1.27. The van der Waals surface area contributed by atoms with Crippen LogP contribution in [-0.4, -0.2) is 58.0 Å². The van der Waals surface area contributed by atoms with E-state index in [0.717, 1.165) is 37.8 Å². The predicted molar refractivity (Wildman–Crippen MR) is 104 cm³/mol. The summed E-state index contributed by atoms with van der Waals surface area (Å²) < 4.78 is 11.4. The summed E-state index contributed by atoms with van der Waals surface area (Å²) in [5.74, 6) is 2.46. The van der Waals surface area contributed by atoms with Crippen molar-refractivity contribution in [2.45, 2.75) is 43.9 Å². The van der Waals surface area contributed by atoms with Gasteiger partial charge >= 0.3 is 0 Å². The quantitative estimate of drug-likeness (QED) is 0.623. The molecule has 26 heavy (non-hydrogen) atoms. The number of guanidine groups is 1. The molecule has 4 unspecified atom stereocenters. The van der Waals surface area contributed by atoms with Crippen LogP contribution in [0.4, 0.5) is 5.69 Å². The number of hydrogen-bond acceptors (Lipinski definition) is 4. The van der Waals surface area contributed by atoms with E-state index in [-0.39, 0.29) is 0 Å². The molecule has 6 nitrogen and oxygen atoms in total. The molecule has 0 radical (unpaired) electrons. The van der Waals surface area contributed by atoms with Gasteiger partial charge in [-0.05, 0) is 43.7 Å². The molecule has 3 saturated heterocycles. The fraction of sp³-hybridized carbons (Fsp3) is 0.650. The molecule has 0 aromatic heterocycles.